The Hall–Kier alpha value is -3.60. The molecule has 0 aliphatic heterocycles. The first-order valence-electron chi connectivity index (χ1n) is 9.28. The Morgan fingerprint density at radius 1 is 1.07 bits per heavy atom. The van der Waals surface area contributed by atoms with Crippen molar-refractivity contribution < 1.29 is 9.18 Å². The smallest absolute Gasteiger partial charge is 0.202 e. The van der Waals surface area contributed by atoms with E-state index in [-0.39, 0.29) is 29.1 Å². The zero-order chi connectivity index (χ0) is 20.5. The molecule has 0 amide bonds. The third-order valence-electron chi connectivity index (χ3n) is 5.19. The molecule has 2 aromatic heterocycles. The molecule has 2 heterocycles. The molecular formula is C24H19FN2O2. The van der Waals surface area contributed by atoms with E-state index in [1.54, 1.807) is 47.2 Å². The Labute approximate surface area is 167 Å². The van der Waals surface area contributed by atoms with Gasteiger partial charge < -0.3 is 4.57 Å². The Kier molecular flexibility index (Phi) is 4.80. The van der Waals surface area contributed by atoms with Gasteiger partial charge in [0.15, 0.2) is 5.78 Å². The van der Waals surface area contributed by atoms with Gasteiger partial charge in [-0.2, -0.15) is 0 Å². The lowest BCUT2D eigenvalue weighted by Gasteiger charge is -2.14. The number of aryl methyl sites for hydroxylation is 2. The average Bonchev–Trinajstić information content (AvgIpc) is 2.73. The number of hydrogen-bond acceptors (Lipinski definition) is 3. The largest absolute Gasteiger partial charge is 0.342 e. The lowest BCUT2D eigenvalue weighted by Crippen LogP contribution is -2.20. The first-order chi connectivity index (χ1) is 14.0. The van der Waals surface area contributed by atoms with Gasteiger partial charge in [0.25, 0.3) is 0 Å². The van der Waals surface area contributed by atoms with Crippen LogP contribution in [0.2, 0.25) is 0 Å². The third kappa shape index (κ3) is 3.47. The second-order valence-corrected chi connectivity index (χ2v) is 7.11. The molecule has 5 heteroatoms. The molecule has 29 heavy (non-hydrogen) atoms. The van der Waals surface area contributed by atoms with Crippen molar-refractivity contribution in [1.82, 2.24) is 9.55 Å². The topological polar surface area (TPSA) is 52.0 Å². The minimum Gasteiger partial charge on any atom is -0.342 e. The van der Waals surface area contributed by atoms with E-state index in [0.29, 0.717) is 22.0 Å². The van der Waals surface area contributed by atoms with E-state index in [0.717, 1.165) is 11.1 Å². The van der Waals surface area contributed by atoms with Crippen molar-refractivity contribution in [3.8, 4) is 0 Å². The van der Waals surface area contributed by atoms with Crippen molar-refractivity contribution in [2.24, 2.45) is 0 Å². The van der Waals surface area contributed by atoms with Gasteiger partial charge in [0.05, 0.1) is 23.0 Å². The maximum atomic E-state index is 14.2. The van der Waals surface area contributed by atoms with Gasteiger partial charge in [0.2, 0.25) is 5.43 Å². The molecule has 0 aliphatic rings. The summed E-state index contributed by atoms with van der Waals surface area (Å²) in [6.45, 7) is 4.08. The number of carbonyl (C=O) groups is 1. The zero-order valence-corrected chi connectivity index (χ0v) is 16.1. The van der Waals surface area contributed by atoms with Crippen molar-refractivity contribution >= 4 is 16.7 Å². The van der Waals surface area contributed by atoms with Gasteiger partial charge in [-0.25, -0.2) is 4.39 Å². The monoisotopic (exact) mass is 386 g/mol. The molecule has 0 spiro atoms. The van der Waals surface area contributed by atoms with Crippen molar-refractivity contribution in [2.45, 2.75) is 20.4 Å². The molecule has 4 rings (SSSR count). The maximum Gasteiger partial charge on any atom is 0.202 e. The number of fused-ring (bicyclic) bond motifs is 1. The van der Waals surface area contributed by atoms with Gasteiger partial charge in [0.1, 0.15) is 5.82 Å². The minimum atomic E-state index is -0.374. The molecule has 0 unspecified atom stereocenters. The molecule has 2 aromatic carbocycles. The normalized spacial score (nSPS) is 11.0. The molecular weight excluding hydrogens is 367 g/mol. The van der Waals surface area contributed by atoms with Crippen LogP contribution in [0.1, 0.15) is 32.6 Å². The fraction of sp³-hybridized carbons (Fsp3) is 0.125. The lowest BCUT2D eigenvalue weighted by molar-refractivity contribution is 0.103. The number of carbonyl (C=O) groups excluding carboxylic acids is 1. The molecule has 0 atom stereocenters. The number of pyridine rings is 2. The van der Waals surface area contributed by atoms with E-state index in [1.807, 2.05) is 19.9 Å². The number of hydrogen-bond donors (Lipinski definition) is 0. The second-order valence-electron chi connectivity index (χ2n) is 7.11. The minimum absolute atomic E-state index is 0.0464. The number of nitrogens with zero attached hydrogens (tertiary/aromatic N) is 2. The van der Waals surface area contributed by atoms with E-state index in [4.69, 9.17) is 0 Å². The van der Waals surface area contributed by atoms with Gasteiger partial charge in [-0.05, 0) is 43.2 Å². The summed E-state index contributed by atoms with van der Waals surface area (Å²) in [6.07, 6.45) is 4.55. The van der Waals surface area contributed by atoms with Crippen LogP contribution in [0.4, 0.5) is 4.39 Å². The molecule has 0 fully saturated rings. The molecule has 4 nitrogen and oxygen atoms in total. The number of rotatable bonds is 4. The first kappa shape index (κ1) is 18.7. The Balaban J connectivity index is 1.90. The van der Waals surface area contributed by atoms with Crippen LogP contribution in [0.15, 0.2) is 71.9 Å². The van der Waals surface area contributed by atoms with Crippen LogP contribution in [0.5, 0.6) is 0 Å². The van der Waals surface area contributed by atoms with Crippen LogP contribution >= 0.6 is 0 Å². The van der Waals surface area contributed by atoms with Crippen LogP contribution in [-0.4, -0.2) is 15.3 Å². The van der Waals surface area contributed by atoms with Gasteiger partial charge >= 0.3 is 0 Å². The summed E-state index contributed by atoms with van der Waals surface area (Å²) in [7, 11) is 0. The Morgan fingerprint density at radius 2 is 1.86 bits per heavy atom. The Morgan fingerprint density at radius 3 is 2.62 bits per heavy atom. The predicted molar refractivity (Wildman–Crippen MR) is 111 cm³/mol. The van der Waals surface area contributed by atoms with Crippen LogP contribution < -0.4 is 5.43 Å². The summed E-state index contributed by atoms with van der Waals surface area (Å²) in [4.78, 5) is 30.2. The molecule has 0 radical (unpaired) electrons. The molecule has 0 aliphatic carbocycles. The molecule has 0 saturated heterocycles. The van der Waals surface area contributed by atoms with E-state index in [9.17, 15) is 14.0 Å². The van der Waals surface area contributed by atoms with Gasteiger partial charge in [-0.15, -0.1) is 0 Å². The molecule has 0 saturated carbocycles. The highest BCUT2D eigenvalue weighted by Crippen LogP contribution is 2.18. The summed E-state index contributed by atoms with van der Waals surface area (Å²) in [6, 6.07) is 13.5. The van der Waals surface area contributed by atoms with Gasteiger partial charge in [0, 0.05) is 29.7 Å². The van der Waals surface area contributed by atoms with E-state index >= 15 is 0 Å². The SMILES string of the molecule is Cc1ccc(C(=O)c2cn(Cc3ccccc3F)c3ccncc3c2=O)cc1C. The fourth-order valence-corrected chi connectivity index (χ4v) is 3.38. The lowest BCUT2D eigenvalue weighted by atomic mass is 9.99. The van der Waals surface area contributed by atoms with E-state index in [1.165, 1.54) is 18.5 Å². The number of ketones is 1. The van der Waals surface area contributed by atoms with Crippen molar-refractivity contribution in [3.05, 3.63) is 111 Å². The molecule has 4 aromatic rings. The summed E-state index contributed by atoms with van der Waals surface area (Å²) in [5.41, 5.74) is 3.24. The summed E-state index contributed by atoms with van der Waals surface area (Å²) in [5.74, 6) is -0.693. The fourth-order valence-electron chi connectivity index (χ4n) is 3.38. The average molecular weight is 386 g/mol. The van der Waals surface area contributed by atoms with E-state index in [2.05, 4.69) is 4.98 Å². The number of aromatic nitrogens is 2. The first-order valence-corrected chi connectivity index (χ1v) is 9.28. The Bertz CT molecular complexity index is 1310. The highest BCUT2D eigenvalue weighted by molar-refractivity contribution is 6.10. The summed E-state index contributed by atoms with van der Waals surface area (Å²) < 4.78 is 15.9. The van der Waals surface area contributed by atoms with Crippen LogP contribution in [0, 0.1) is 19.7 Å². The summed E-state index contributed by atoms with van der Waals surface area (Å²) >= 11 is 0. The third-order valence-corrected chi connectivity index (χ3v) is 5.19. The standard InChI is InChI=1S/C24H19FN2O2/c1-15-7-8-17(11-16(15)2)23(28)20-14-27(13-18-5-3-4-6-21(18)25)22-9-10-26-12-19(22)24(20)29/h3-12,14H,13H2,1-2H3. The second kappa shape index (κ2) is 7.43. The molecule has 144 valence electrons. The van der Waals surface area contributed by atoms with Crippen LogP contribution in [0.25, 0.3) is 10.9 Å². The molecule has 0 bridgehead atoms. The highest BCUT2D eigenvalue weighted by Gasteiger charge is 2.18. The maximum absolute atomic E-state index is 14.2. The highest BCUT2D eigenvalue weighted by atomic mass is 19.1. The van der Waals surface area contributed by atoms with E-state index < -0.39 is 0 Å². The van der Waals surface area contributed by atoms with Crippen molar-refractivity contribution in [3.63, 3.8) is 0 Å². The van der Waals surface area contributed by atoms with Crippen molar-refractivity contribution in [2.75, 3.05) is 0 Å². The van der Waals surface area contributed by atoms with Crippen LogP contribution in [0.3, 0.4) is 0 Å². The van der Waals surface area contributed by atoms with Crippen LogP contribution in [-0.2, 0) is 6.54 Å². The quantitative estimate of drug-likeness (QED) is 0.488. The number of halogens is 1. The van der Waals surface area contributed by atoms with Gasteiger partial charge in [-0.3, -0.25) is 14.6 Å². The predicted octanol–water partition coefficient (Wildman–Crippen LogP) is 4.43. The number of benzene rings is 2. The zero-order valence-electron chi connectivity index (χ0n) is 16.1. The molecule has 0 N–H and O–H groups in total. The van der Waals surface area contributed by atoms with Gasteiger partial charge in [-0.1, -0.05) is 30.3 Å². The summed E-state index contributed by atoms with van der Waals surface area (Å²) in [5, 5.41) is 0.332. The van der Waals surface area contributed by atoms with Crippen molar-refractivity contribution in [1.29, 1.82) is 0 Å².